The molecule has 7 heteroatoms. The molecule has 1 aliphatic rings. The van der Waals surface area contributed by atoms with Crippen molar-refractivity contribution < 1.29 is 16.2 Å². The van der Waals surface area contributed by atoms with E-state index in [1.54, 1.807) is 0 Å². The zero-order chi connectivity index (χ0) is 15.8. The van der Waals surface area contributed by atoms with E-state index in [-0.39, 0.29) is 0 Å². The third-order valence-corrected chi connectivity index (χ3v) is 9.03. The Balaban J connectivity index is 2.27. The molecule has 0 amide bonds. The molecule has 0 saturated carbocycles. The first kappa shape index (κ1) is 16.0. The van der Waals surface area contributed by atoms with Crippen LogP contribution in [0.25, 0.3) is 3.58 Å². The molecule has 2 aromatic rings. The molecular formula is C15H13IO4S2. The standard InChI is InChI=1S/C15H13IO4S2/c1-19-22(17,18)20-21(12-7-3-2-4-8-12)11-14(16)13-9-5-6-10-15(13)21/h2-11H,1H3. The lowest BCUT2D eigenvalue weighted by Gasteiger charge is -2.33. The van der Waals surface area contributed by atoms with Crippen molar-refractivity contribution in [3.63, 3.8) is 0 Å². The van der Waals surface area contributed by atoms with Crippen LogP contribution in [0.1, 0.15) is 5.56 Å². The molecule has 0 aliphatic carbocycles. The van der Waals surface area contributed by atoms with Crippen molar-refractivity contribution >= 4 is 46.9 Å². The van der Waals surface area contributed by atoms with Crippen molar-refractivity contribution in [2.24, 2.45) is 0 Å². The molecule has 0 saturated heterocycles. The fourth-order valence-electron chi connectivity index (χ4n) is 2.27. The van der Waals surface area contributed by atoms with Gasteiger partial charge in [0.05, 0.1) is 7.11 Å². The van der Waals surface area contributed by atoms with E-state index < -0.39 is 20.7 Å². The molecule has 0 spiro atoms. The minimum Gasteiger partial charge on any atom is -0.251 e. The van der Waals surface area contributed by atoms with Crippen molar-refractivity contribution in [2.75, 3.05) is 7.11 Å². The minimum atomic E-state index is -4.09. The van der Waals surface area contributed by atoms with E-state index in [2.05, 4.69) is 26.8 Å². The summed E-state index contributed by atoms with van der Waals surface area (Å²) >= 11 is 2.21. The van der Waals surface area contributed by atoms with Gasteiger partial charge in [0.1, 0.15) is 0 Å². The van der Waals surface area contributed by atoms with Gasteiger partial charge in [-0.25, -0.2) is 0 Å². The summed E-state index contributed by atoms with van der Waals surface area (Å²) in [6.07, 6.45) is 0. The van der Waals surface area contributed by atoms with Gasteiger partial charge in [0.2, 0.25) is 0 Å². The van der Waals surface area contributed by atoms with Crippen molar-refractivity contribution in [1.29, 1.82) is 0 Å². The van der Waals surface area contributed by atoms with Gasteiger partial charge in [-0.3, -0.25) is 4.18 Å². The zero-order valence-electron chi connectivity index (χ0n) is 11.6. The van der Waals surface area contributed by atoms with Crippen LogP contribution in [-0.2, 0) is 18.2 Å². The van der Waals surface area contributed by atoms with Gasteiger partial charge in [0, 0.05) is 24.3 Å². The van der Waals surface area contributed by atoms with Crippen LogP contribution in [0, 0.1) is 0 Å². The summed E-state index contributed by atoms with van der Waals surface area (Å²) in [6.45, 7) is 0. The van der Waals surface area contributed by atoms with E-state index in [1.165, 1.54) is 0 Å². The Morgan fingerprint density at radius 2 is 1.64 bits per heavy atom. The molecule has 1 aliphatic heterocycles. The van der Waals surface area contributed by atoms with Gasteiger partial charge in [-0.05, 0) is 51.1 Å². The second-order valence-electron chi connectivity index (χ2n) is 4.52. The molecular weight excluding hydrogens is 435 g/mol. The van der Waals surface area contributed by atoms with Gasteiger partial charge in [-0.1, -0.05) is 36.4 Å². The first-order valence-electron chi connectivity index (χ1n) is 6.35. The van der Waals surface area contributed by atoms with Crippen molar-refractivity contribution in [3.05, 3.63) is 65.6 Å². The molecule has 4 nitrogen and oxygen atoms in total. The van der Waals surface area contributed by atoms with E-state index in [1.807, 2.05) is 60.0 Å². The largest absolute Gasteiger partial charge is 0.409 e. The maximum Gasteiger partial charge on any atom is 0.409 e. The molecule has 1 atom stereocenters. The molecule has 3 rings (SSSR count). The molecule has 1 unspecified atom stereocenters. The summed E-state index contributed by atoms with van der Waals surface area (Å²) in [5.41, 5.74) is 0.994. The van der Waals surface area contributed by atoms with Gasteiger partial charge in [-0.2, -0.15) is 12.0 Å². The lowest BCUT2D eigenvalue weighted by molar-refractivity contribution is 0.340. The predicted molar refractivity (Wildman–Crippen MR) is 96.0 cm³/mol. The third-order valence-electron chi connectivity index (χ3n) is 3.23. The number of rotatable bonds is 4. The van der Waals surface area contributed by atoms with Gasteiger partial charge >= 0.3 is 10.4 Å². The fourth-order valence-corrected chi connectivity index (χ4v) is 8.32. The highest BCUT2D eigenvalue weighted by Crippen LogP contribution is 2.72. The van der Waals surface area contributed by atoms with Gasteiger partial charge in [-0.15, -0.1) is 0 Å². The number of halogens is 1. The number of benzene rings is 2. The Labute approximate surface area is 145 Å². The van der Waals surface area contributed by atoms with Crippen LogP contribution in [0.5, 0.6) is 0 Å². The summed E-state index contributed by atoms with van der Waals surface area (Å²) in [5, 5.41) is 1.89. The second-order valence-corrected chi connectivity index (χ2v) is 9.72. The molecule has 0 fully saturated rings. The Hall–Kier alpha value is -0.870. The van der Waals surface area contributed by atoms with Gasteiger partial charge in [0.25, 0.3) is 0 Å². The Bertz CT molecular complexity index is 834. The summed E-state index contributed by atoms with van der Waals surface area (Å²) in [4.78, 5) is 1.68. The van der Waals surface area contributed by atoms with E-state index in [0.29, 0.717) is 0 Å². The first-order chi connectivity index (χ1) is 10.5. The number of fused-ring (bicyclic) bond motifs is 1. The summed E-state index contributed by atoms with van der Waals surface area (Å²) in [6, 6.07) is 17.1. The van der Waals surface area contributed by atoms with Crippen LogP contribution in [-0.4, -0.2) is 15.5 Å². The summed E-state index contributed by atoms with van der Waals surface area (Å²) < 4.78 is 35.1. The van der Waals surface area contributed by atoms with E-state index in [4.69, 9.17) is 3.63 Å². The molecule has 0 N–H and O–H groups in total. The molecule has 2 aromatic carbocycles. The highest BCUT2D eigenvalue weighted by Gasteiger charge is 2.40. The molecule has 1 heterocycles. The van der Waals surface area contributed by atoms with Crippen LogP contribution in [0.2, 0.25) is 0 Å². The number of hydrogen-bond donors (Lipinski definition) is 0. The van der Waals surface area contributed by atoms with E-state index in [9.17, 15) is 8.42 Å². The monoisotopic (exact) mass is 448 g/mol. The van der Waals surface area contributed by atoms with Gasteiger partial charge < -0.3 is 0 Å². The average Bonchev–Trinajstić information content (AvgIpc) is 2.82. The van der Waals surface area contributed by atoms with Crippen LogP contribution >= 0.6 is 32.9 Å². The average molecular weight is 448 g/mol. The maximum atomic E-state index is 12.0. The highest BCUT2D eigenvalue weighted by molar-refractivity contribution is 14.1. The Morgan fingerprint density at radius 1 is 1.00 bits per heavy atom. The molecule has 0 bridgehead atoms. The van der Waals surface area contributed by atoms with Crippen LogP contribution in [0.4, 0.5) is 0 Å². The van der Waals surface area contributed by atoms with Crippen molar-refractivity contribution in [3.8, 4) is 0 Å². The van der Waals surface area contributed by atoms with Crippen LogP contribution in [0.15, 0.2) is 69.8 Å². The van der Waals surface area contributed by atoms with Crippen LogP contribution in [0.3, 0.4) is 0 Å². The Morgan fingerprint density at radius 3 is 2.32 bits per heavy atom. The van der Waals surface area contributed by atoms with Gasteiger partial charge in [0.15, 0.2) is 0 Å². The smallest absolute Gasteiger partial charge is 0.251 e. The second kappa shape index (κ2) is 5.97. The summed E-state index contributed by atoms with van der Waals surface area (Å²) in [7, 11) is -5.29. The quantitative estimate of drug-likeness (QED) is 0.648. The van der Waals surface area contributed by atoms with E-state index >= 15 is 0 Å². The van der Waals surface area contributed by atoms with Crippen molar-refractivity contribution in [2.45, 2.75) is 9.79 Å². The predicted octanol–water partition coefficient (Wildman–Crippen LogP) is 4.48. The SMILES string of the molecule is COS(=O)(=O)OS1(c2ccccc2)C=C(I)c2ccccc21. The fraction of sp³-hybridized carbons (Fsp3) is 0.0667. The highest BCUT2D eigenvalue weighted by atomic mass is 127. The first-order valence-corrected chi connectivity index (χ1v) is 10.4. The molecule has 0 radical (unpaired) electrons. The molecule has 116 valence electrons. The Kier molecular flexibility index (Phi) is 4.34. The summed E-state index contributed by atoms with van der Waals surface area (Å²) in [5.74, 6) is 0. The third kappa shape index (κ3) is 2.71. The number of hydrogen-bond acceptors (Lipinski definition) is 4. The molecule has 0 aromatic heterocycles. The van der Waals surface area contributed by atoms with E-state index in [0.717, 1.165) is 26.0 Å². The van der Waals surface area contributed by atoms with Crippen LogP contribution < -0.4 is 0 Å². The zero-order valence-corrected chi connectivity index (χ0v) is 15.4. The lowest BCUT2D eigenvalue weighted by atomic mass is 10.2. The topological polar surface area (TPSA) is 52.6 Å². The lowest BCUT2D eigenvalue weighted by Crippen LogP contribution is -2.12. The minimum absolute atomic E-state index is 0.815. The normalized spacial score (nSPS) is 23.5. The maximum absolute atomic E-state index is 12.0. The van der Waals surface area contributed by atoms with Crippen molar-refractivity contribution in [1.82, 2.24) is 0 Å². The molecule has 22 heavy (non-hydrogen) atoms.